The first kappa shape index (κ1) is 27.7. The van der Waals surface area contributed by atoms with Crippen LogP contribution < -0.4 is 9.46 Å². The van der Waals surface area contributed by atoms with Gasteiger partial charge in [0.1, 0.15) is 29.7 Å². The van der Waals surface area contributed by atoms with Crippen LogP contribution in [0.15, 0.2) is 94.3 Å². The highest BCUT2D eigenvalue weighted by atomic mass is 79.9. The summed E-state index contributed by atoms with van der Waals surface area (Å²) in [5.41, 5.74) is 3.38. The summed E-state index contributed by atoms with van der Waals surface area (Å²) in [7, 11) is -4.06. The number of hydrogen-bond donors (Lipinski definition) is 1. The summed E-state index contributed by atoms with van der Waals surface area (Å²) in [6.45, 7) is -0.0901. The van der Waals surface area contributed by atoms with Crippen LogP contribution in [0, 0.1) is 11.6 Å². The Kier molecular flexibility index (Phi) is 8.09. The van der Waals surface area contributed by atoms with Crippen LogP contribution in [-0.4, -0.2) is 19.3 Å². The van der Waals surface area contributed by atoms with Crippen LogP contribution in [0.1, 0.15) is 46.6 Å². The normalized spacial score (nSPS) is 13.4. The van der Waals surface area contributed by atoms with Crippen molar-refractivity contribution in [3.8, 4) is 5.75 Å². The average molecular weight is 625 g/mol. The summed E-state index contributed by atoms with van der Waals surface area (Å²) >= 11 is 3.51. The zero-order valence-electron chi connectivity index (χ0n) is 21.0. The molecule has 0 saturated heterocycles. The largest absolute Gasteiger partial charge is 0.488 e. The van der Waals surface area contributed by atoms with Gasteiger partial charge in [-0.3, -0.25) is 4.79 Å². The van der Waals surface area contributed by atoms with E-state index in [1.807, 2.05) is 12.1 Å². The molecular weight excluding hydrogens is 602 g/mol. The number of benzene rings is 3. The monoisotopic (exact) mass is 624 g/mol. The Balaban J connectivity index is 1.44. The average Bonchev–Trinajstić information content (AvgIpc) is 3.43. The van der Waals surface area contributed by atoms with Gasteiger partial charge in [-0.15, -0.1) is 0 Å². The minimum atomic E-state index is -4.06. The molecule has 1 amide bonds. The maximum atomic E-state index is 14.2. The molecular formula is C30H23BrF2N2O4S. The van der Waals surface area contributed by atoms with Crippen molar-refractivity contribution in [1.29, 1.82) is 0 Å². The SMILES string of the molecule is O=C(NS(=O)(=O)c1ccccc1)c1cccc(C2=C(c3cc(Br)ccc3OCc3ccc(F)cc3F)CCC2)n1. The van der Waals surface area contributed by atoms with Crippen LogP contribution in [0.2, 0.25) is 0 Å². The number of carbonyl (C=O) groups excluding carboxylic acids is 1. The maximum absolute atomic E-state index is 14.2. The van der Waals surface area contributed by atoms with E-state index in [1.54, 1.807) is 36.4 Å². The quantitative estimate of drug-likeness (QED) is 0.230. The molecule has 0 radical (unpaired) electrons. The summed E-state index contributed by atoms with van der Waals surface area (Å²) in [6, 6.07) is 21.4. The second kappa shape index (κ2) is 11.7. The van der Waals surface area contributed by atoms with Crippen LogP contribution in [0.3, 0.4) is 0 Å². The van der Waals surface area contributed by atoms with Gasteiger partial charge in [0.25, 0.3) is 15.9 Å². The van der Waals surface area contributed by atoms with Crippen LogP contribution in [0.5, 0.6) is 5.75 Å². The molecule has 6 nitrogen and oxygen atoms in total. The predicted molar refractivity (Wildman–Crippen MR) is 151 cm³/mol. The van der Waals surface area contributed by atoms with E-state index in [1.165, 1.54) is 30.3 Å². The molecule has 3 aromatic carbocycles. The lowest BCUT2D eigenvalue weighted by Gasteiger charge is -2.15. The van der Waals surface area contributed by atoms with Gasteiger partial charge in [0.15, 0.2) is 0 Å². The fourth-order valence-corrected chi connectivity index (χ4v) is 5.89. The van der Waals surface area contributed by atoms with Crippen molar-refractivity contribution in [3.05, 3.63) is 124 Å². The predicted octanol–water partition coefficient (Wildman–Crippen LogP) is 6.91. The van der Waals surface area contributed by atoms with Crippen molar-refractivity contribution in [2.75, 3.05) is 0 Å². The molecule has 1 aliphatic carbocycles. The maximum Gasteiger partial charge on any atom is 0.283 e. The number of pyridine rings is 1. The number of carbonyl (C=O) groups is 1. The molecule has 1 heterocycles. The molecule has 0 fully saturated rings. The lowest BCUT2D eigenvalue weighted by molar-refractivity contribution is 0.0976. The van der Waals surface area contributed by atoms with E-state index in [0.717, 1.165) is 33.7 Å². The first-order valence-corrected chi connectivity index (χ1v) is 14.7. The fourth-order valence-electron chi connectivity index (χ4n) is 4.54. The van der Waals surface area contributed by atoms with Crippen molar-refractivity contribution in [3.63, 3.8) is 0 Å². The lowest BCUT2D eigenvalue weighted by atomic mass is 9.99. The van der Waals surface area contributed by atoms with E-state index in [4.69, 9.17) is 4.74 Å². The molecule has 204 valence electrons. The number of nitrogens with zero attached hydrogens (tertiary/aromatic N) is 1. The number of nitrogens with one attached hydrogen (secondary N) is 1. The first-order chi connectivity index (χ1) is 19.2. The molecule has 10 heteroatoms. The number of allylic oxidation sites excluding steroid dienone is 2. The van der Waals surface area contributed by atoms with E-state index in [0.29, 0.717) is 24.3 Å². The molecule has 1 aliphatic rings. The molecule has 0 saturated carbocycles. The van der Waals surface area contributed by atoms with E-state index in [9.17, 15) is 22.0 Å². The topological polar surface area (TPSA) is 85.4 Å². The van der Waals surface area contributed by atoms with E-state index >= 15 is 0 Å². The van der Waals surface area contributed by atoms with E-state index < -0.39 is 27.6 Å². The van der Waals surface area contributed by atoms with E-state index in [2.05, 4.69) is 25.6 Å². The molecule has 4 aromatic rings. The van der Waals surface area contributed by atoms with Gasteiger partial charge >= 0.3 is 0 Å². The number of sulfonamides is 1. The van der Waals surface area contributed by atoms with Gasteiger partial charge in [-0.2, -0.15) is 0 Å². The molecule has 0 atom stereocenters. The third-order valence-corrected chi connectivity index (χ3v) is 8.29. The summed E-state index contributed by atoms with van der Waals surface area (Å²) in [4.78, 5) is 17.3. The Bertz CT molecular complexity index is 1730. The molecule has 0 spiro atoms. The number of rotatable bonds is 8. The third-order valence-electron chi connectivity index (χ3n) is 6.45. The molecule has 1 N–H and O–H groups in total. The Morgan fingerprint density at radius 3 is 2.48 bits per heavy atom. The van der Waals surface area contributed by atoms with Gasteiger partial charge in [-0.25, -0.2) is 26.9 Å². The summed E-state index contributed by atoms with van der Waals surface area (Å²) in [5.74, 6) is -1.66. The smallest absolute Gasteiger partial charge is 0.283 e. The van der Waals surface area contributed by atoms with Crippen molar-refractivity contribution >= 4 is 43.0 Å². The van der Waals surface area contributed by atoms with Gasteiger partial charge in [-0.05, 0) is 85.0 Å². The lowest BCUT2D eigenvalue weighted by Crippen LogP contribution is -2.31. The van der Waals surface area contributed by atoms with Crippen molar-refractivity contribution in [1.82, 2.24) is 9.71 Å². The fraction of sp³-hybridized carbons (Fsp3) is 0.133. The van der Waals surface area contributed by atoms with E-state index in [-0.39, 0.29) is 22.8 Å². The summed E-state index contributed by atoms with van der Waals surface area (Å²) in [5, 5.41) is 0. The molecule has 0 aliphatic heterocycles. The van der Waals surface area contributed by atoms with Gasteiger partial charge in [-0.1, -0.05) is 40.2 Å². The first-order valence-electron chi connectivity index (χ1n) is 12.4. The second-order valence-electron chi connectivity index (χ2n) is 9.13. The van der Waals surface area contributed by atoms with Crippen LogP contribution >= 0.6 is 15.9 Å². The van der Waals surface area contributed by atoms with Crippen molar-refractivity contribution in [2.24, 2.45) is 0 Å². The molecule has 0 unspecified atom stereocenters. The molecule has 1 aromatic heterocycles. The number of halogens is 3. The van der Waals surface area contributed by atoms with Crippen molar-refractivity contribution < 1.29 is 26.7 Å². The second-order valence-corrected chi connectivity index (χ2v) is 11.7. The van der Waals surface area contributed by atoms with Gasteiger partial charge in [0, 0.05) is 21.7 Å². The third kappa shape index (κ3) is 6.13. The highest BCUT2D eigenvalue weighted by Gasteiger charge is 2.24. The van der Waals surface area contributed by atoms with Crippen LogP contribution in [0.25, 0.3) is 11.1 Å². The minimum absolute atomic E-state index is 0.0250. The standard InChI is InChI=1S/C30H23BrF2N2O4S/c31-20-13-15-29(39-18-19-12-14-21(32)17-26(19)33)25(16-20)23-8-4-9-24(23)27-10-5-11-28(34-27)30(36)35-40(37,38)22-6-2-1-3-7-22/h1-3,5-7,10-17H,4,8-9,18H2,(H,35,36). The van der Waals surface area contributed by atoms with Crippen LogP contribution in [0.4, 0.5) is 8.78 Å². The number of amides is 1. The zero-order chi connectivity index (χ0) is 28.3. The zero-order valence-corrected chi connectivity index (χ0v) is 23.4. The minimum Gasteiger partial charge on any atom is -0.488 e. The Morgan fingerprint density at radius 1 is 0.925 bits per heavy atom. The number of aromatic nitrogens is 1. The van der Waals surface area contributed by atoms with Crippen molar-refractivity contribution in [2.45, 2.75) is 30.8 Å². The summed E-state index contributed by atoms with van der Waals surface area (Å²) in [6.07, 6.45) is 2.24. The summed E-state index contributed by atoms with van der Waals surface area (Å²) < 4.78 is 61.7. The van der Waals surface area contributed by atoms with Crippen LogP contribution in [-0.2, 0) is 16.6 Å². The van der Waals surface area contributed by atoms with Gasteiger partial charge in [0.05, 0.1) is 10.6 Å². The Morgan fingerprint density at radius 2 is 1.70 bits per heavy atom. The highest BCUT2D eigenvalue weighted by Crippen LogP contribution is 2.43. The molecule has 5 rings (SSSR count). The Hall–Kier alpha value is -3.89. The highest BCUT2D eigenvalue weighted by molar-refractivity contribution is 9.10. The molecule has 0 bridgehead atoms. The number of hydrogen-bond acceptors (Lipinski definition) is 5. The van der Waals surface area contributed by atoms with Gasteiger partial charge < -0.3 is 4.74 Å². The Labute approximate surface area is 238 Å². The van der Waals surface area contributed by atoms with Gasteiger partial charge in [0.2, 0.25) is 0 Å². The number of ether oxygens (including phenoxy) is 1. The molecule has 40 heavy (non-hydrogen) atoms.